The van der Waals surface area contributed by atoms with E-state index in [9.17, 15) is 4.79 Å². The Morgan fingerprint density at radius 2 is 2.33 bits per heavy atom. The molecule has 1 aromatic heterocycles. The van der Waals surface area contributed by atoms with Gasteiger partial charge in [0.1, 0.15) is 5.82 Å². The van der Waals surface area contributed by atoms with E-state index < -0.39 is 0 Å². The van der Waals surface area contributed by atoms with Gasteiger partial charge in [0, 0.05) is 12.7 Å². The van der Waals surface area contributed by atoms with E-state index in [4.69, 9.17) is 22.1 Å². The van der Waals surface area contributed by atoms with Crippen molar-refractivity contribution < 1.29 is 9.53 Å². The first-order valence-corrected chi connectivity index (χ1v) is 6.10. The highest BCUT2D eigenvalue weighted by Crippen LogP contribution is 2.25. The van der Waals surface area contributed by atoms with Crippen molar-refractivity contribution in [2.24, 2.45) is 0 Å². The molecule has 0 atom stereocenters. The highest BCUT2D eigenvalue weighted by atomic mass is 35.5. The van der Waals surface area contributed by atoms with Gasteiger partial charge >= 0.3 is 0 Å². The van der Waals surface area contributed by atoms with Crippen LogP contribution in [0.5, 0.6) is 0 Å². The average Bonchev–Trinajstić information content (AvgIpc) is 2.31. The molecule has 1 aliphatic rings. The van der Waals surface area contributed by atoms with Crippen LogP contribution in [0.15, 0.2) is 12.3 Å². The summed E-state index contributed by atoms with van der Waals surface area (Å²) in [6, 6.07) is 1.51. The number of nitrogen functional groups attached to an aromatic ring is 1. The summed E-state index contributed by atoms with van der Waals surface area (Å²) in [7, 11) is 0. The molecule has 1 saturated heterocycles. The maximum absolute atomic E-state index is 12.5. The lowest BCUT2D eigenvalue weighted by molar-refractivity contribution is -0.0370. The van der Waals surface area contributed by atoms with E-state index in [0.717, 1.165) is 0 Å². The fraction of sp³-hybridized carbons (Fsp3) is 0.500. The van der Waals surface area contributed by atoms with E-state index in [2.05, 4.69) is 4.98 Å². The molecule has 0 aromatic carbocycles. The molecule has 0 unspecified atom stereocenters. The van der Waals surface area contributed by atoms with Gasteiger partial charge < -0.3 is 15.4 Å². The van der Waals surface area contributed by atoms with Gasteiger partial charge in [-0.25, -0.2) is 4.98 Å². The zero-order chi connectivity index (χ0) is 13.3. The van der Waals surface area contributed by atoms with Crippen LogP contribution < -0.4 is 5.73 Å². The molecule has 2 heterocycles. The molecule has 0 bridgehead atoms. The van der Waals surface area contributed by atoms with Gasteiger partial charge in [-0.2, -0.15) is 0 Å². The maximum atomic E-state index is 12.5. The zero-order valence-electron chi connectivity index (χ0n) is 10.4. The predicted octanol–water partition coefficient (Wildman–Crippen LogP) is 1.57. The fourth-order valence-electron chi connectivity index (χ4n) is 2.00. The Morgan fingerprint density at radius 3 is 3.00 bits per heavy atom. The van der Waals surface area contributed by atoms with E-state index in [1.54, 1.807) is 4.90 Å². The highest BCUT2D eigenvalue weighted by molar-refractivity contribution is 6.33. The number of halogens is 1. The van der Waals surface area contributed by atoms with E-state index in [0.29, 0.717) is 30.3 Å². The summed E-state index contributed by atoms with van der Waals surface area (Å²) in [5.41, 5.74) is 5.63. The molecule has 2 N–H and O–H groups in total. The van der Waals surface area contributed by atoms with E-state index in [-0.39, 0.29) is 17.3 Å². The van der Waals surface area contributed by atoms with Crippen LogP contribution in [-0.4, -0.2) is 41.1 Å². The third-order valence-electron chi connectivity index (χ3n) is 3.00. The van der Waals surface area contributed by atoms with Gasteiger partial charge in [-0.3, -0.25) is 4.79 Å². The topological polar surface area (TPSA) is 68.5 Å². The van der Waals surface area contributed by atoms with E-state index in [1.807, 2.05) is 13.8 Å². The number of hydrogen-bond acceptors (Lipinski definition) is 4. The van der Waals surface area contributed by atoms with Crippen molar-refractivity contribution in [1.29, 1.82) is 0 Å². The monoisotopic (exact) mass is 269 g/mol. The Balaban J connectivity index is 2.33. The minimum Gasteiger partial charge on any atom is -0.384 e. The third-order valence-corrected chi connectivity index (χ3v) is 3.30. The summed E-state index contributed by atoms with van der Waals surface area (Å²) in [4.78, 5) is 18.1. The predicted molar refractivity (Wildman–Crippen MR) is 69.6 cm³/mol. The molecule has 1 fully saturated rings. The lowest BCUT2D eigenvalue weighted by Gasteiger charge is -2.42. The Labute approximate surface area is 111 Å². The standard InChI is InChI=1S/C12H16ClN3O2/c1-12(2)7-18-4-3-16(12)11(17)8-5-10(14)15-6-9(8)13/h5-6H,3-4,7H2,1-2H3,(H2,14,15). The van der Waals surface area contributed by atoms with Crippen molar-refractivity contribution in [3.63, 3.8) is 0 Å². The number of aromatic nitrogens is 1. The van der Waals surface area contributed by atoms with Crippen molar-refractivity contribution in [2.75, 3.05) is 25.5 Å². The minimum atomic E-state index is -0.351. The lowest BCUT2D eigenvalue weighted by atomic mass is 10.0. The fourth-order valence-corrected chi connectivity index (χ4v) is 2.18. The van der Waals surface area contributed by atoms with Crippen LogP contribution in [0, 0.1) is 0 Å². The normalized spacial score (nSPS) is 18.7. The van der Waals surface area contributed by atoms with Gasteiger partial charge in [0.2, 0.25) is 0 Å². The van der Waals surface area contributed by atoms with Gasteiger partial charge in [-0.1, -0.05) is 11.6 Å². The summed E-state index contributed by atoms with van der Waals surface area (Å²) >= 11 is 6.01. The number of rotatable bonds is 1. The van der Waals surface area contributed by atoms with Gasteiger partial charge in [-0.15, -0.1) is 0 Å². The smallest absolute Gasteiger partial charge is 0.256 e. The van der Waals surface area contributed by atoms with Crippen LogP contribution >= 0.6 is 11.6 Å². The van der Waals surface area contributed by atoms with Gasteiger partial charge in [-0.05, 0) is 19.9 Å². The van der Waals surface area contributed by atoms with Crippen LogP contribution in [0.3, 0.4) is 0 Å². The molecular formula is C12H16ClN3O2. The molecule has 0 aliphatic carbocycles. The number of anilines is 1. The molecule has 0 spiro atoms. The molecule has 5 nitrogen and oxygen atoms in total. The molecule has 18 heavy (non-hydrogen) atoms. The summed E-state index contributed by atoms with van der Waals surface area (Å²) in [6.07, 6.45) is 1.40. The Hall–Kier alpha value is -1.33. The van der Waals surface area contributed by atoms with Crippen LogP contribution in [0.4, 0.5) is 5.82 Å². The summed E-state index contributed by atoms with van der Waals surface area (Å²) in [6.45, 7) is 5.51. The molecule has 1 aromatic rings. The lowest BCUT2D eigenvalue weighted by Crippen LogP contribution is -2.55. The second-order valence-electron chi connectivity index (χ2n) is 4.91. The molecule has 0 radical (unpaired) electrons. The van der Waals surface area contributed by atoms with Gasteiger partial charge in [0.25, 0.3) is 5.91 Å². The van der Waals surface area contributed by atoms with Crippen molar-refractivity contribution >= 4 is 23.3 Å². The van der Waals surface area contributed by atoms with Crippen molar-refractivity contribution in [3.05, 3.63) is 22.8 Å². The summed E-state index contributed by atoms with van der Waals surface area (Å²) in [5.74, 6) is 0.149. The van der Waals surface area contributed by atoms with Crippen LogP contribution in [0.1, 0.15) is 24.2 Å². The third kappa shape index (κ3) is 2.42. The first-order valence-electron chi connectivity index (χ1n) is 5.72. The number of nitrogens with zero attached hydrogens (tertiary/aromatic N) is 2. The van der Waals surface area contributed by atoms with Gasteiger partial charge in [0.15, 0.2) is 0 Å². The quantitative estimate of drug-likeness (QED) is 0.840. The Morgan fingerprint density at radius 1 is 1.61 bits per heavy atom. The molecule has 6 heteroatoms. The van der Waals surface area contributed by atoms with Crippen LogP contribution in [0.25, 0.3) is 0 Å². The number of carbonyl (C=O) groups is 1. The van der Waals surface area contributed by atoms with Gasteiger partial charge in [0.05, 0.1) is 29.3 Å². The van der Waals surface area contributed by atoms with Crippen molar-refractivity contribution in [2.45, 2.75) is 19.4 Å². The number of nitrogens with two attached hydrogens (primary N) is 1. The first-order chi connectivity index (χ1) is 8.42. The molecular weight excluding hydrogens is 254 g/mol. The second-order valence-corrected chi connectivity index (χ2v) is 5.32. The zero-order valence-corrected chi connectivity index (χ0v) is 11.2. The summed E-state index contributed by atoms with van der Waals surface area (Å²) < 4.78 is 5.39. The Kier molecular flexibility index (Phi) is 3.45. The number of hydrogen-bond donors (Lipinski definition) is 1. The second kappa shape index (κ2) is 4.74. The number of carbonyl (C=O) groups excluding carboxylic acids is 1. The molecule has 1 aliphatic heterocycles. The van der Waals surface area contributed by atoms with E-state index in [1.165, 1.54) is 12.3 Å². The van der Waals surface area contributed by atoms with Crippen molar-refractivity contribution in [3.8, 4) is 0 Å². The number of ether oxygens (including phenoxy) is 1. The maximum Gasteiger partial charge on any atom is 0.256 e. The number of pyridine rings is 1. The van der Waals surface area contributed by atoms with Crippen LogP contribution in [-0.2, 0) is 4.74 Å². The molecule has 2 rings (SSSR count). The Bertz CT molecular complexity index is 476. The highest BCUT2D eigenvalue weighted by Gasteiger charge is 2.35. The SMILES string of the molecule is CC1(C)COCCN1C(=O)c1cc(N)ncc1Cl. The summed E-state index contributed by atoms with van der Waals surface area (Å²) in [5, 5.41) is 0.316. The van der Waals surface area contributed by atoms with E-state index >= 15 is 0 Å². The molecule has 0 saturated carbocycles. The van der Waals surface area contributed by atoms with Crippen molar-refractivity contribution in [1.82, 2.24) is 9.88 Å². The van der Waals surface area contributed by atoms with Crippen LogP contribution in [0.2, 0.25) is 5.02 Å². The number of amides is 1. The average molecular weight is 270 g/mol. The first kappa shape index (κ1) is 13.1. The minimum absolute atomic E-state index is 0.137. The largest absolute Gasteiger partial charge is 0.384 e. The molecule has 1 amide bonds. The molecule has 98 valence electrons. The number of morpholine rings is 1.